The third kappa shape index (κ3) is 4.89. The molecule has 0 unspecified atom stereocenters. The topological polar surface area (TPSA) is 79.7 Å². The van der Waals surface area contributed by atoms with Gasteiger partial charge in [0, 0.05) is 36.3 Å². The zero-order chi connectivity index (χ0) is 23.7. The standard InChI is InChI=1S/C24H21Cl2FN2O4/c1-13(23(30)29-8-2-3-14(12-29)24(31)32)33-16-4-5-17-18(6-7-28-21(17)11-16)22-19(25)9-15(27)10-20(22)26/h4-7,9-11,13-14H,2-3,8,12H2,1H3,(H,31,32)/t13-,14+/m1/s1. The van der Waals surface area contributed by atoms with Crippen molar-refractivity contribution < 1.29 is 23.8 Å². The number of hydrogen-bond acceptors (Lipinski definition) is 4. The van der Waals surface area contributed by atoms with Crippen molar-refractivity contribution in [2.75, 3.05) is 13.1 Å². The molecule has 1 N–H and O–H groups in total. The van der Waals surface area contributed by atoms with Crippen LogP contribution < -0.4 is 4.74 Å². The number of piperidine rings is 1. The van der Waals surface area contributed by atoms with E-state index in [4.69, 9.17) is 27.9 Å². The molecule has 0 aliphatic carbocycles. The maximum Gasteiger partial charge on any atom is 0.308 e. The molecule has 33 heavy (non-hydrogen) atoms. The number of likely N-dealkylation sites (tertiary alicyclic amines) is 1. The number of carboxylic acids is 1. The van der Waals surface area contributed by atoms with Crippen LogP contribution in [0.5, 0.6) is 5.75 Å². The second-order valence-electron chi connectivity index (χ2n) is 8.00. The summed E-state index contributed by atoms with van der Waals surface area (Å²) in [7, 11) is 0. The Morgan fingerprint density at radius 1 is 1.21 bits per heavy atom. The Hall–Kier alpha value is -2.90. The first kappa shape index (κ1) is 23.3. The Kier molecular flexibility index (Phi) is 6.72. The summed E-state index contributed by atoms with van der Waals surface area (Å²) >= 11 is 12.5. The number of hydrogen-bond donors (Lipinski definition) is 1. The van der Waals surface area contributed by atoms with Crippen LogP contribution in [-0.2, 0) is 9.59 Å². The van der Waals surface area contributed by atoms with Gasteiger partial charge in [0.15, 0.2) is 6.10 Å². The minimum Gasteiger partial charge on any atom is -0.481 e. The highest BCUT2D eigenvalue weighted by Gasteiger charge is 2.31. The molecule has 4 rings (SSSR count). The Morgan fingerprint density at radius 3 is 2.64 bits per heavy atom. The number of amides is 1. The largest absolute Gasteiger partial charge is 0.481 e. The van der Waals surface area contributed by atoms with Crippen molar-refractivity contribution in [2.24, 2.45) is 5.92 Å². The van der Waals surface area contributed by atoms with Crippen LogP contribution in [0.25, 0.3) is 22.0 Å². The third-order valence-electron chi connectivity index (χ3n) is 5.73. The fourth-order valence-corrected chi connectivity index (χ4v) is 4.77. The quantitative estimate of drug-likeness (QED) is 0.515. The van der Waals surface area contributed by atoms with Gasteiger partial charge >= 0.3 is 5.97 Å². The van der Waals surface area contributed by atoms with Gasteiger partial charge in [-0.1, -0.05) is 23.2 Å². The minimum atomic E-state index is -0.890. The van der Waals surface area contributed by atoms with E-state index in [2.05, 4.69) is 4.98 Å². The number of halogens is 3. The van der Waals surface area contributed by atoms with Crippen molar-refractivity contribution in [1.82, 2.24) is 9.88 Å². The molecule has 6 nitrogen and oxygen atoms in total. The minimum absolute atomic E-state index is 0.184. The number of fused-ring (bicyclic) bond motifs is 1. The average Bonchev–Trinajstić information content (AvgIpc) is 2.78. The second-order valence-corrected chi connectivity index (χ2v) is 8.82. The van der Waals surface area contributed by atoms with Gasteiger partial charge in [-0.25, -0.2) is 4.39 Å². The Balaban J connectivity index is 1.57. The molecule has 1 aliphatic heterocycles. The van der Waals surface area contributed by atoms with Crippen LogP contribution in [0.3, 0.4) is 0 Å². The van der Waals surface area contributed by atoms with Crippen LogP contribution in [0.4, 0.5) is 4.39 Å². The Labute approximate surface area is 199 Å². The van der Waals surface area contributed by atoms with E-state index in [-0.39, 0.29) is 22.5 Å². The number of ether oxygens (including phenoxy) is 1. The zero-order valence-electron chi connectivity index (χ0n) is 17.7. The molecule has 2 atom stereocenters. The van der Waals surface area contributed by atoms with E-state index in [9.17, 15) is 19.1 Å². The predicted octanol–water partition coefficient (Wildman–Crippen LogP) is 5.44. The monoisotopic (exact) mass is 490 g/mol. The lowest BCUT2D eigenvalue weighted by atomic mass is 9.98. The van der Waals surface area contributed by atoms with Crippen LogP contribution in [0.1, 0.15) is 19.8 Å². The fourth-order valence-electron chi connectivity index (χ4n) is 4.11. The van der Waals surface area contributed by atoms with E-state index in [0.29, 0.717) is 41.8 Å². The first-order chi connectivity index (χ1) is 15.7. The molecule has 0 saturated carbocycles. The lowest BCUT2D eigenvalue weighted by Gasteiger charge is -2.32. The molecular weight excluding hydrogens is 470 g/mol. The van der Waals surface area contributed by atoms with E-state index >= 15 is 0 Å². The summed E-state index contributed by atoms with van der Waals surface area (Å²) in [5.74, 6) is -1.78. The Morgan fingerprint density at radius 2 is 1.94 bits per heavy atom. The van der Waals surface area contributed by atoms with Gasteiger partial charge < -0.3 is 14.7 Å². The number of carbonyl (C=O) groups excluding carboxylic acids is 1. The number of aromatic nitrogens is 1. The lowest BCUT2D eigenvalue weighted by molar-refractivity contribution is -0.147. The number of carbonyl (C=O) groups is 2. The van der Waals surface area contributed by atoms with Gasteiger partial charge in [-0.05, 0) is 55.7 Å². The number of nitrogens with zero attached hydrogens (tertiary/aromatic N) is 2. The van der Waals surface area contributed by atoms with Gasteiger partial charge in [0.2, 0.25) is 0 Å². The summed E-state index contributed by atoms with van der Waals surface area (Å²) in [6.45, 7) is 2.33. The highest BCUT2D eigenvalue weighted by molar-refractivity contribution is 6.39. The molecule has 2 aromatic carbocycles. The molecule has 1 aromatic heterocycles. The molecule has 1 amide bonds. The van der Waals surface area contributed by atoms with Crippen LogP contribution in [0.15, 0.2) is 42.6 Å². The molecule has 1 fully saturated rings. The van der Waals surface area contributed by atoms with E-state index in [0.717, 1.165) is 5.39 Å². The van der Waals surface area contributed by atoms with Crippen molar-refractivity contribution >= 4 is 46.0 Å². The van der Waals surface area contributed by atoms with Crippen LogP contribution >= 0.6 is 23.2 Å². The highest BCUT2D eigenvalue weighted by Crippen LogP contribution is 2.39. The molecule has 2 heterocycles. The molecule has 1 aliphatic rings. The molecule has 3 aromatic rings. The maximum absolute atomic E-state index is 13.6. The first-order valence-electron chi connectivity index (χ1n) is 10.5. The summed E-state index contributed by atoms with van der Waals surface area (Å²) in [5.41, 5.74) is 1.78. The molecule has 9 heteroatoms. The summed E-state index contributed by atoms with van der Waals surface area (Å²) in [6, 6.07) is 9.34. The Bertz CT molecular complexity index is 1210. The van der Waals surface area contributed by atoms with Crippen LogP contribution in [0, 0.1) is 11.7 Å². The molecule has 172 valence electrons. The second kappa shape index (κ2) is 9.53. The van der Waals surface area contributed by atoms with Crippen molar-refractivity contribution in [3.8, 4) is 16.9 Å². The first-order valence-corrected chi connectivity index (χ1v) is 11.2. The van der Waals surface area contributed by atoms with Crippen LogP contribution in [0.2, 0.25) is 10.0 Å². The number of pyridine rings is 1. The van der Waals surface area contributed by atoms with Crippen molar-refractivity contribution in [3.63, 3.8) is 0 Å². The van der Waals surface area contributed by atoms with Gasteiger partial charge in [-0.15, -0.1) is 0 Å². The summed E-state index contributed by atoms with van der Waals surface area (Å²) < 4.78 is 19.5. The number of aliphatic carboxylic acids is 1. The van der Waals surface area contributed by atoms with Crippen molar-refractivity contribution in [2.45, 2.75) is 25.9 Å². The fraction of sp³-hybridized carbons (Fsp3) is 0.292. The zero-order valence-corrected chi connectivity index (χ0v) is 19.2. The highest BCUT2D eigenvalue weighted by atomic mass is 35.5. The van der Waals surface area contributed by atoms with E-state index < -0.39 is 23.8 Å². The van der Waals surface area contributed by atoms with E-state index in [1.807, 2.05) is 0 Å². The molecule has 1 saturated heterocycles. The summed E-state index contributed by atoms with van der Waals surface area (Å²) in [5, 5.41) is 10.4. The summed E-state index contributed by atoms with van der Waals surface area (Å²) in [4.78, 5) is 30.0. The van der Waals surface area contributed by atoms with E-state index in [1.54, 1.807) is 42.3 Å². The number of carboxylic acid groups (broad SMARTS) is 1. The smallest absolute Gasteiger partial charge is 0.308 e. The van der Waals surface area contributed by atoms with Crippen molar-refractivity contribution in [3.05, 3.63) is 58.5 Å². The molecule has 0 bridgehead atoms. The third-order valence-corrected chi connectivity index (χ3v) is 6.33. The number of benzene rings is 2. The lowest BCUT2D eigenvalue weighted by Crippen LogP contribution is -2.47. The maximum atomic E-state index is 13.6. The van der Waals surface area contributed by atoms with Gasteiger partial charge in [0.25, 0.3) is 5.91 Å². The van der Waals surface area contributed by atoms with Gasteiger partial charge in [0.05, 0.1) is 21.5 Å². The molecule has 0 radical (unpaired) electrons. The number of rotatable bonds is 5. The van der Waals surface area contributed by atoms with Crippen molar-refractivity contribution in [1.29, 1.82) is 0 Å². The summed E-state index contributed by atoms with van der Waals surface area (Å²) in [6.07, 6.45) is 2.01. The molecule has 0 spiro atoms. The SMILES string of the molecule is C[C@@H](Oc1ccc2c(-c3c(Cl)cc(F)cc3Cl)ccnc2c1)C(=O)N1CCC[C@H](C(=O)O)C1. The van der Waals surface area contributed by atoms with Gasteiger partial charge in [-0.2, -0.15) is 0 Å². The van der Waals surface area contributed by atoms with Gasteiger partial charge in [-0.3, -0.25) is 14.6 Å². The predicted molar refractivity (Wildman–Crippen MR) is 124 cm³/mol. The van der Waals surface area contributed by atoms with Gasteiger partial charge in [0.1, 0.15) is 11.6 Å². The van der Waals surface area contributed by atoms with Crippen LogP contribution in [-0.4, -0.2) is 46.1 Å². The average molecular weight is 491 g/mol. The van der Waals surface area contributed by atoms with E-state index in [1.165, 1.54) is 12.1 Å². The molecular formula is C24H21Cl2FN2O4. The normalized spacial score (nSPS) is 17.1.